The first-order chi connectivity index (χ1) is 9.72. The molecule has 1 aliphatic heterocycles. The van der Waals surface area contributed by atoms with Gasteiger partial charge in [0.15, 0.2) is 0 Å². The van der Waals surface area contributed by atoms with E-state index in [1.165, 1.54) is 5.56 Å². The number of likely N-dealkylation sites (tertiary alicyclic amines) is 1. The van der Waals surface area contributed by atoms with E-state index in [1.807, 2.05) is 49.5 Å². The van der Waals surface area contributed by atoms with Crippen LogP contribution in [0, 0.1) is 0 Å². The monoisotopic (exact) mass is 267 g/mol. The molecule has 0 unspecified atom stereocenters. The Morgan fingerprint density at radius 2 is 1.70 bits per heavy atom. The maximum Gasteiger partial charge on any atom is 0.232 e. The van der Waals surface area contributed by atoms with E-state index in [2.05, 4.69) is 12.1 Å². The van der Waals surface area contributed by atoms with Crippen LogP contribution >= 0.6 is 0 Å². The number of hydrogen-bond donors (Lipinski definition) is 0. The van der Waals surface area contributed by atoms with Crippen LogP contribution in [0.4, 0.5) is 0 Å². The van der Waals surface area contributed by atoms with Crippen molar-refractivity contribution in [3.8, 4) is 5.75 Å². The Bertz CT molecular complexity index is 624. The number of hydrogen-bond acceptors (Lipinski definition) is 2. The summed E-state index contributed by atoms with van der Waals surface area (Å²) >= 11 is 0. The average molecular weight is 267 g/mol. The Hall–Kier alpha value is -2.29. The average Bonchev–Trinajstić information content (AvgIpc) is 2.52. The summed E-state index contributed by atoms with van der Waals surface area (Å²) < 4.78 is 5.25. The molecule has 20 heavy (non-hydrogen) atoms. The van der Waals surface area contributed by atoms with Crippen molar-refractivity contribution < 1.29 is 9.53 Å². The fourth-order valence-electron chi connectivity index (χ4n) is 2.86. The van der Waals surface area contributed by atoms with Crippen LogP contribution in [0.1, 0.15) is 23.1 Å². The number of ether oxygens (including phenoxy) is 1. The van der Waals surface area contributed by atoms with Gasteiger partial charge in [-0.1, -0.05) is 42.5 Å². The molecule has 0 bridgehead atoms. The van der Waals surface area contributed by atoms with Crippen molar-refractivity contribution in [3.05, 3.63) is 65.7 Å². The molecule has 0 radical (unpaired) electrons. The van der Waals surface area contributed by atoms with Crippen molar-refractivity contribution in [1.82, 2.24) is 4.90 Å². The molecule has 2 atom stereocenters. The van der Waals surface area contributed by atoms with Crippen LogP contribution in [0.15, 0.2) is 54.6 Å². The molecule has 102 valence electrons. The lowest BCUT2D eigenvalue weighted by Crippen LogP contribution is -2.50. The van der Waals surface area contributed by atoms with Crippen LogP contribution in [0.3, 0.4) is 0 Å². The topological polar surface area (TPSA) is 29.5 Å². The van der Waals surface area contributed by atoms with Gasteiger partial charge in [0.2, 0.25) is 5.91 Å². The van der Waals surface area contributed by atoms with E-state index < -0.39 is 0 Å². The highest BCUT2D eigenvalue weighted by atomic mass is 16.5. The SMILES string of the molecule is COc1cccc([C@@H]2C(=O)N(C)[C@H]2c2ccccc2)c1. The molecule has 0 saturated carbocycles. The minimum atomic E-state index is -0.113. The summed E-state index contributed by atoms with van der Waals surface area (Å²) in [5, 5.41) is 0. The molecule has 3 heteroatoms. The van der Waals surface area contributed by atoms with Gasteiger partial charge in [0, 0.05) is 7.05 Å². The van der Waals surface area contributed by atoms with Crippen LogP contribution in [0.25, 0.3) is 0 Å². The number of benzene rings is 2. The van der Waals surface area contributed by atoms with E-state index in [1.54, 1.807) is 12.0 Å². The van der Waals surface area contributed by atoms with E-state index in [0.29, 0.717) is 0 Å². The molecular formula is C17H17NO2. The molecule has 0 N–H and O–H groups in total. The fourth-order valence-corrected chi connectivity index (χ4v) is 2.86. The van der Waals surface area contributed by atoms with Gasteiger partial charge in [-0.05, 0) is 23.3 Å². The highest BCUT2D eigenvalue weighted by molar-refractivity contribution is 5.91. The molecule has 0 aromatic heterocycles. The molecule has 1 fully saturated rings. The minimum absolute atomic E-state index is 0.107. The van der Waals surface area contributed by atoms with Crippen molar-refractivity contribution in [2.75, 3.05) is 14.2 Å². The summed E-state index contributed by atoms with van der Waals surface area (Å²) in [5.74, 6) is 0.835. The first-order valence-corrected chi connectivity index (χ1v) is 6.68. The van der Waals surface area contributed by atoms with Crippen molar-refractivity contribution in [2.24, 2.45) is 0 Å². The summed E-state index contributed by atoms with van der Waals surface area (Å²) in [6, 6.07) is 18.0. The third kappa shape index (κ3) is 1.95. The highest BCUT2D eigenvalue weighted by Crippen LogP contribution is 2.45. The van der Waals surface area contributed by atoms with E-state index in [-0.39, 0.29) is 17.9 Å². The number of methoxy groups -OCH3 is 1. The van der Waals surface area contributed by atoms with Gasteiger partial charge in [0.1, 0.15) is 5.75 Å². The maximum absolute atomic E-state index is 12.2. The first kappa shape index (κ1) is 12.7. The minimum Gasteiger partial charge on any atom is -0.497 e. The van der Waals surface area contributed by atoms with Crippen LogP contribution < -0.4 is 4.74 Å². The molecule has 1 amide bonds. The van der Waals surface area contributed by atoms with Crippen LogP contribution in [-0.4, -0.2) is 25.0 Å². The van der Waals surface area contributed by atoms with Gasteiger partial charge in [-0.25, -0.2) is 0 Å². The fraction of sp³-hybridized carbons (Fsp3) is 0.235. The predicted molar refractivity (Wildman–Crippen MR) is 77.7 cm³/mol. The molecule has 3 nitrogen and oxygen atoms in total. The van der Waals surface area contributed by atoms with E-state index >= 15 is 0 Å². The summed E-state index contributed by atoms with van der Waals surface area (Å²) in [5.41, 5.74) is 2.18. The molecule has 1 saturated heterocycles. The second-order valence-electron chi connectivity index (χ2n) is 5.06. The van der Waals surface area contributed by atoms with Crippen molar-refractivity contribution in [1.29, 1.82) is 0 Å². The van der Waals surface area contributed by atoms with Gasteiger partial charge in [0.25, 0.3) is 0 Å². The Balaban J connectivity index is 1.97. The predicted octanol–water partition coefficient (Wildman–Crippen LogP) is 2.99. The van der Waals surface area contributed by atoms with Crippen molar-refractivity contribution in [2.45, 2.75) is 12.0 Å². The Morgan fingerprint density at radius 3 is 2.40 bits per heavy atom. The zero-order valence-electron chi connectivity index (χ0n) is 11.6. The zero-order valence-corrected chi connectivity index (χ0v) is 11.6. The van der Waals surface area contributed by atoms with Gasteiger partial charge in [-0.2, -0.15) is 0 Å². The van der Waals surface area contributed by atoms with E-state index in [4.69, 9.17) is 4.74 Å². The molecular weight excluding hydrogens is 250 g/mol. The number of carbonyl (C=O) groups is 1. The third-order valence-corrected chi connectivity index (χ3v) is 3.94. The lowest BCUT2D eigenvalue weighted by atomic mass is 9.78. The van der Waals surface area contributed by atoms with Crippen molar-refractivity contribution >= 4 is 5.91 Å². The van der Waals surface area contributed by atoms with E-state index in [0.717, 1.165) is 11.3 Å². The van der Waals surface area contributed by atoms with Gasteiger partial charge in [0.05, 0.1) is 19.1 Å². The van der Waals surface area contributed by atoms with Gasteiger partial charge >= 0.3 is 0 Å². The number of amides is 1. The molecule has 0 spiro atoms. The van der Waals surface area contributed by atoms with Gasteiger partial charge in [-0.15, -0.1) is 0 Å². The lowest BCUT2D eigenvalue weighted by molar-refractivity contribution is -0.147. The normalized spacial score (nSPS) is 21.5. The second-order valence-corrected chi connectivity index (χ2v) is 5.06. The standard InChI is InChI=1S/C17H17NO2/c1-18-16(12-7-4-3-5-8-12)15(17(18)19)13-9-6-10-14(11-13)20-2/h3-11,15-16H,1-2H3/t15-,16-/m0/s1. The third-order valence-electron chi connectivity index (χ3n) is 3.94. The summed E-state index contributed by atoms with van der Waals surface area (Å²) in [6.07, 6.45) is 0. The number of likely N-dealkylation sites (N-methyl/N-ethyl adjacent to an activating group) is 1. The number of carbonyl (C=O) groups excluding carboxylic acids is 1. The van der Waals surface area contributed by atoms with Crippen molar-refractivity contribution in [3.63, 3.8) is 0 Å². The van der Waals surface area contributed by atoms with Gasteiger partial charge < -0.3 is 9.64 Å². The Morgan fingerprint density at radius 1 is 1.00 bits per heavy atom. The van der Waals surface area contributed by atoms with E-state index in [9.17, 15) is 4.79 Å². The van der Waals surface area contributed by atoms with Crippen LogP contribution in [0.2, 0.25) is 0 Å². The summed E-state index contributed by atoms with van der Waals surface area (Å²) in [4.78, 5) is 14.0. The first-order valence-electron chi connectivity index (χ1n) is 6.68. The quantitative estimate of drug-likeness (QED) is 0.800. The number of nitrogens with zero attached hydrogens (tertiary/aromatic N) is 1. The number of rotatable bonds is 3. The van der Waals surface area contributed by atoms with Crippen LogP contribution in [0.5, 0.6) is 5.75 Å². The summed E-state index contributed by atoms with van der Waals surface area (Å²) in [7, 11) is 3.50. The largest absolute Gasteiger partial charge is 0.497 e. The maximum atomic E-state index is 12.2. The molecule has 0 aliphatic carbocycles. The molecule has 1 heterocycles. The molecule has 2 aromatic rings. The lowest BCUT2D eigenvalue weighted by Gasteiger charge is -2.45. The zero-order chi connectivity index (χ0) is 14.1. The Kier molecular flexibility index (Phi) is 3.18. The second kappa shape index (κ2) is 5.00. The molecule has 1 aliphatic rings. The molecule has 3 rings (SSSR count). The van der Waals surface area contributed by atoms with Gasteiger partial charge in [-0.3, -0.25) is 4.79 Å². The Labute approximate surface area is 118 Å². The summed E-state index contributed by atoms with van der Waals surface area (Å²) in [6.45, 7) is 0. The highest BCUT2D eigenvalue weighted by Gasteiger charge is 2.46. The smallest absolute Gasteiger partial charge is 0.232 e. The molecule has 2 aromatic carbocycles. The number of β-lactam (4-membered cyclic amide) rings is 1. The van der Waals surface area contributed by atoms with Crippen LogP contribution in [-0.2, 0) is 4.79 Å².